The predicted molar refractivity (Wildman–Crippen MR) is 572 cm³/mol. The molecule has 0 saturated heterocycles. The van der Waals surface area contributed by atoms with Crippen molar-refractivity contribution in [2.24, 2.45) is 15.0 Å². The summed E-state index contributed by atoms with van der Waals surface area (Å²) in [6, 6.07) is 72.1. The molecule has 18 aromatic rings. The SMILES string of the molecule is Cc1ccc(-c2csc(C(=O)Nc3ccco3)n2)cc1.Cc1ccc(-c2csc(N(C)C(=O)c3ccco3)n2)cc1.Cc1ccc(-c2csc(NC(=O)C3=CCN=C3)n2)cc1.Cc1ccc(-c2csc(NC(=O)C3=NCC=C3)n2)cc1.Cc1ccc(-c2csc(NC(=O)c3occc3C)n2)cc1.Cc1ccc(-c2nc(NC(=O)c3ccco3)sc2C)cc1.Cc1ccc(C2=CCC(NC(=O)c3ccco3)=N2)cc1. The number of aliphatic imine (C=N–C) groups is 3. The number of hydrogen-bond acceptors (Lipinski definition) is 27. The summed E-state index contributed by atoms with van der Waals surface area (Å²) in [5, 5.41) is 29.5. The van der Waals surface area contributed by atoms with Crippen LogP contribution in [0, 0.1) is 62.3 Å². The topological polar surface area (TPSA) is 375 Å². The molecule has 7 amide bonds. The number of aromatic nitrogens is 6. The second kappa shape index (κ2) is 48.7. The molecule has 143 heavy (non-hydrogen) atoms. The third-order valence-electron chi connectivity index (χ3n) is 21.2. The van der Waals surface area contributed by atoms with E-state index in [1.165, 1.54) is 143 Å². The van der Waals surface area contributed by atoms with Gasteiger partial charge in [-0.2, -0.15) is 0 Å². The van der Waals surface area contributed by atoms with E-state index < -0.39 is 0 Å². The summed E-state index contributed by atoms with van der Waals surface area (Å²) in [4.78, 5) is 126. The van der Waals surface area contributed by atoms with Crippen LogP contribution in [-0.4, -0.2) is 109 Å². The third kappa shape index (κ3) is 28.3. The quantitative estimate of drug-likeness (QED) is 0.0413. The van der Waals surface area contributed by atoms with Crippen LogP contribution >= 0.6 is 68.0 Å². The van der Waals surface area contributed by atoms with Crippen molar-refractivity contribution in [3.63, 3.8) is 0 Å². The summed E-state index contributed by atoms with van der Waals surface area (Å²) in [5.41, 5.74) is 23.6. The Bertz CT molecular complexity index is 7470. The average Bonchev–Trinajstić information content (AvgIpc) is 1.69. The Hall–Kier alpha value is -16.8. The Morgan fingerprint density at radius 1 is 0.357 bits per heavy atom. The first-order valence-electron chi connectivity index (χ1n) is 44.6. The van der Waals surface area contributed by atoms with Crippen molar-refractivity contribution < 1.29 is 55.6 Å². The first-order chi connectivity index (χ1) is 69.3. The zero-order chi connectivity index (χ0) is 100. The van der Waals surface area contributed by atoms with Crippen molar-refractivity contribution in [1.29, 1.82) is 0 Å². The van der Waals surface area contributed by atoms with Crippen molar-refractivity contribution in [2.75, 3.05) is 51.6 Å². The van der Waals surface area contributed by atoms with Crippen molar-refractivity contribution in [3.8, 4) is 67.5 Å². The van der Waals surface area contributed by atoms with Crippen LogP contribution in [0.2, 0.25) is 0 Å². The van der Waals surface area contributed by atoms with Gasteiger partial charge in [-0.05, 0) is 129 Å². The summed E-state index contributed by atoms with van der Waals surface area (Å²) >= 11 is 8.43. The molecule has 0 unspecified atom stereocenters. The lowest BCUT2D eigenvalue weighted by molar-refractivity contribution is -0.112. The van der Waals surface area contributed by atoms with E-state index in [-0.39, 0.29) is 52.9 Å². The molecule has 0 radical (unpaired) electrons. The average molecular weight is 2010 g/mol. The molecule has 14 heterocycles. The van der Waals surface area contributed by atoms with Gasteiger partial charge in [-0.3, -0.25) is 75.0 Å². The molecule has 718 valence electrons. The van der Waals surface area contributed by atoms with E-state index in [2.05, 4.69) is 88.9 Å². The van der Waals surface area contributed by atoms with Gasteiger partial charge in [0.15, 0.2) is 59.6 Å². The molecule has 7 aromatic carbocycles. The van der Waals surface area contributed by atoms with E-state index in [4.69, 9.17) is 22.1 Å². The van der Waals surface area contributed by atoms with Crippen LogP contribution in [0.25, 0.3) is 73.2 Å². The molecule has 34 heteroatoms. The Balaban J connectivity index is 0.000000126. The molecule has 21 rings (SSSR count). The van der Waals surface area contributed by atoms with Gasteiger partial charge in [-0.1, -0.05) is 221 Å². The molecule has 0 fully saturated rings. The molecular formula is C109H94N16O12S6. The van der Waals surface area contributed by atoms with Crippen LogP contribution in [0.1, 0.15) is 113 Å². The van der Waals surface area contributed by atoms with E-state index >= 15 is 0 Å². The van der Waals surface area contributed by atoms with E-state index in [1.54, 1.807) is 80.0 Å². The number of nitrogens with zero attached hydrogens (tertiary/aromatic N) is 10. The highest BCUT2D eigenvalue weighted by Crippen LogP contribution is 2.35. The Labute approximate surface area is 847 Å². The fourth-order valence-corrected chi connectivity index (χ4v) is 17.9. The Morgan fingerprint density at radius 3 is 1.23 bits per heavy atom. The number of benzene rings is 7. The number of hydrogen-bond donors (Lipinski definition) is 6. The first-order valence-corrected chi connectivity index (χ1v) is 49.8. The number of nitrogens with one attached hydrogen (secondary N) is 6. The summed E-state index contributed by atoms with van der Waals surface area (Å²) < 4.78 is 25.5. The van der Waals surface area contributed by atoms with Crippen LogP contribution in [0.15, 0.2) is 350 Å². The minimum absolute atomic E-state index is 0.156. The minimum atomic E-state index is -0.288. The summed E-state index contributed by atoms with van der Waals surface area (Å²) in [5.74, 6) is 0.596. The molecule has 0 saturated carbocycles. The number of anilines is 6. The number of carbonyl (C=O) groups excluding carboxylic acids is 7. The first kappa shape index (κ1) is 101. The maximum Gasteiger partial charge on any atom is 0.295 e. The van der Waals surface area contributed by atoms with Crippen LogP contribution in [0.5, 0.6) is 0 Å². The molecule has 11 aromatic heterocycles. The third-order valence-corrected chi connectivity index (χ3v) is 26.1. The number of thiazole rings is 6. The molecule has 0 aliphatic carbocycles. The van der Waals surface area contributed by atoms with E-state index in [0.29, 0.717) is 84.7 Å². The van der Waals surface area contributed by atoms with Crippen LogP contribution in [-0.2, 0) is 9.59 Å². The highest BCUT2D eigenvalue weighted by atomic mass is 32.1. The summed E-state index contributed by atoms with van der Waals surface area (Å²) in [6.07, 6.45) is 17.0. The van der Waals surface area contributed by atoms with Crippen molar-refractivity contribution >= 4 is 164 Å². The molecule has 28 nitrogen and oxygen atoms in total. The van der Waals surface area contributed by atoms with Gasteiger partial charge < -0.3 is 27.4 Å². The van der Waals surface area contributed by atoms with Gasteiger partial charge in [-0.15, -0.1) is 68.0 Å². The van der Waals surface area contributed by atoms with Crippen molar-refractivity contribution in [1.82, 2.24) is 35.2 Å². The van der Waals surface area contributed by atoms with Crippen LogP contribution < -0.4 is 36.8 Å². The maximum absolute atomic E-state index is 12.2. The molecular weight excluding hydrogens is 1920 g/mol. The molecule has 3 aliphatic rings. The van der Waals surface area contributed by atoms with E-state index in [1.807, 2.05) is 259 Å². The number of rotatable bonds is 20. The van der Waals surface area contributed by atoms with Gasteiger partial charge in [0.25, 0.3) is 41.4 Å². The highest BCUT2D eigenvalue weighted by molar-refractivity contribution is 7.16. The smallest absolute Gasteiger partial charge is 0.295 e. The Morgan fingerprint density at radius 2 is 0.783 bits per heavy atom. The Kier molecular flexibility index (Phi) is 34.3. The fourth-order valence-electron chi connectivity index (χ4n) is 13.4. The minimum Gasteiger partial charge on any atom is -0.459 e. The van der Waals surface area contributed by atoms with E-state index in [0.717, 1.165) is 89.2 Å². The fraction of sp³-hybridized carbons (Fsp3) is 0.119. The van der Waals surface area contributed by atoms with Gasteiger partial charge in [0.2, 0.25) is 0 Å². The normalized spacial score (nSPS) is 11.8. The summed E-state index contributed by atoms with van der Waals surface area (Å²) in [7, 11) is 1.70. The second-order valence-electron chi connectivity index (χ2n) is 32.2. The van der Waals surface area contributed by atoms with E-state index in [9.17, 15) is 33.6 Å². The summed E-state index contributed by atoms with van der Waals surface area (Å²) in [6.45, 7) is 19.3. The van der Waals surface area contributed by atoms with Gasteiger partial charge in [0, 0.05) is 96.5 Å². The zero-order valence-electron chi connectivity index (χ0n) is 79.0. The van der Waals surface area contributed by atoms with Gasteiger partial charge in [0.05, 0.1) is 89.8 Å². The number of aryl methyl sites for hydroxylation is 9. The van der Waals surface area contributed by atoms with Crippen LogP contribution in [0.4, 0.5) is 31.5 Å². The van der Waals surface area contributed by atoms with Gasteiger partial charge >= 0.3 is 0 Å². The number of carbonyl (C=O) groups is 7. The predicted octanol–water partition coefficient (Wildman–Crippen LogP) is 25.8. The molecule has 0 atom stereocenters. The highest BCUT2D eigenvalue weighted by Gasteiger charge is 2.24. The number of furan rings is 5. The lowest BCUT2D eigenvalue weighted by atomic mass is 10.1. The largest absolute Gasteiger partial charge is 0.459 e. The molecule has 0 bridgehead atoms. The van der Waals surface area contributed by atoms with Crippen molar-refractivity contribution in [2.45, 2.75) is 68.7 Å². The molecule has 0 spiro atoms. The molecule has 3 aliphatic heterocycles. The zero-order valence-corrected chi connectivity index (χ0v) is 83.9. The maximum atomic E-state index is 12.2. The lowest BCUT2D eigenvalue weighted by Gasteiger charge is -2.11. The van der Waals surface area contributed by atoms with Crippen molar-refractivity contribution in [3.05, 3.63) is 396 Å². The number of amidine groups is 1. The standard InChI is InChI=1S/3C16H14N2O2S.C16H14N2O2.2C15H13N3OS.C15H12N2O2S/c1-10-3-5-12(6-4-10)13-9-21-16(17-13)18-15(19)14-11(2)7-8-20-14;1-11-5-7-12(8-6-11)13-10-21-16(17-13)18(2)15(19)14-4-3-9-20-14;1-10-5-7-12(8-6-10)14-11(2)21-16(17-14)18-15(19)13-4-3-9-20-13;1-11-4-6-12(7-5-11)13-8-9-15(17-13)18-16(19)14-3-2-10-20-14;1-10-2-4-11(5-3-10)13-9-20-15(17-13)18-14(19)12-6-7-16-8-12;1-10-4-6-11(7-5-10)13-9-20-15(17-13)18-14(19)12-3-2-8-16-12;1-10-4-6-11(7-5-10)12-9-20-15(16-12)14(18)17-13-3-2-8-19-13/h3-9H,1-2H3,(H,17,18,19);3-10H,1-2H3;3-9H,1-2H3,(H,17,18,19);2-8,10H,9H2,1H3,(H,17,18,19);2-6,8-9H,7H2,1H3,(H,17,18,19);2-7,9H,8H2,1H3,(H,17,18,19);2-9H,1H3,(H,17,18). The number of amides is 7. The second-order valence-corrected chi connectivity index (χ2v) is 37.7. The van der Waals surface area contributed by atoms with Gasteiger partial charge in [0.1, 0.15) is 11.5 Å². The van der Waals surface area contributed by atoms with Crippen LogP contribution in [0.3, 0.4) is 0 Å². The monoisotopic (exact) mass is 2010 g/mol. The lowest BCUT2D eigenvalue weighted by Crippen LogP contribution is -2.28. The molecule has 6 N–H and O–H groups in total. The van der Waals surface area contributed by atoms with Gasteiger partial charge in [-0.25, -0.2) is 34.9 Å².